The summed E-state index contributed by atoms with van der Waals surface area (Å²) in [6.07, 6.45) is 5.21. The summed E-state index contributed by atoms with van der Waals surface area (Å²) in [7, 11) is 1.49. The third-order valence-corrected chi connectivity index (χ3v) is 7.82. The van der Waals surface area contributed by atoms with Crippen LogP contribution in [0.3, 0.4) is 0 Å². The third kappa shape index (κ3) is 7.03. The van der Waals surface area contributed by atoms with Crippen molar-refractivity contribution in [2.75, 3.05) is 26.1 Å². The Hall–Kier alpha value is -4.28. The highest BCUT2D eigenvalue weighted by atomic mass is 35.5. The maximum absolute atomic E-state index is 14.8. The topological polar surface area (TPSA) is 112 Å². The Morgan fingerprint density at radius 1 is 1.23 bits per heavy atom. The van der Waals surface area contributed by atoms with Gasteiger partial charge in [0, 0.05) is 65.7 Å². The fourth-order valence-corrected chi connectivity index (χ4v) is 5.47. The molecule has 3 N–H and O–H groups in total. The lowest BCUT2D eigenvalue weighted by atomic mass is 9.96. The molecule has 1 saturated heterocycles. The number of nitrogens with one attached hydrogen (secondary N) is 3. The molecule has 1 atom stereocenters. The molecule has 1 unspecified atom stereocenters. The normalized spacial score (nSPS) is 16.4. The molecule has 4 aromatic rings. The fourth-order valence-electron chi connectivity index (χ4n) is 5.34. The Morgan fingerprint density at radius 3 is 2.88 bits per heavy atom. The minimum absolute atomic E-state index is 0.128. The number of carbonyl (C=O) groups excluding carboxylic acids is 2. The standard InChI is InChI=1S/C32H34ClFN6O3/c1-20-15-22(11-14-35-20)30-24-16-23(8-9-27(24)38-39-30)31(41)37-17-21-7-10-28(32(42)36-13-4-12-33)40(18-21)19-25-26(34)5-3-6-29(25)43-2/h3,5-6,8-9,11,14-17,28H,4,7,10,12-13,18-19H2,1-2H3,(H,36,42)(H,37,41)(H,38,39)/b21-17-. The van der Waals surface area contributed by atoms with Gasteiger partial charge < -0.3 is 15.4 Å². The Bertz CT molecular complexity index is 1660. The minimum Gasteiger partial charge on any atom is -0.496 e. The van der Waals surface area contributed by atoms with E-state index < -0.39 is 11.9 Å². The Morgan fingerprint density at radius 2 is 2.09 bits per heavy atom. The van der Waals surface area contributed by atoms with Crippen LogP contribution in [0.4, 0.5) is 4.39 Å². The molecule has 1 aliphatic heterocycles. The van der Waals surface area contributed by atoms with E-state index in [-0.39, 0.29) is 18.4 Å². The molecule has 11 heteroatoms. The van der Waals surface area contributed by atoms with Crippen molar-refractivity contribution in [3.63, 3.8) is 0 Å². The van der Waals surface area contributed by atoms with Crippen LogP contribution in [-0.2, 0) is 11.3 Å². The number of aryl methyl sites for hydroxylation is 1. The lowest BCUT2D eigenvalue weighted by Crippen LogP contribution is -2.50. The summed E-state index contributed by atoms with van der Waals surface area (Å²) in [5.74, 6) is 0.0711. The molecule has 224 valence electrons. The third-order valence-electron chi connectivity index (χ3n) is 7.56. The van der Waals surface area contributed by atoms with E-state index in [4.69, 9.17) is 16.3 Å². The van der Waals surface area contributed by atoms with Crippen LogP contribution >= 0.6 is 11.6 Å². The molecule has 3 heterocycles. The highest BCUT2D eigenvalue weighted by molar-refractivity contribution is 6.17. The number of amides is 2. The summed E-state index contributed by atoms with van der Waals surface area (Å²) in [5.41, 5.74) is 5.13. The number of methoxy groups -OCH3 is 1. The van der Waals surface area contributed by atoms with Crippen molar-refractivity contribution in [3.8, 4) is 17.0 Å². The zero-order valence-corrected chi connectivity index (χ0v) is 24.9. The van der Waals surface area contributed by atoms with Crippen LogP contribution in [0.25, 0.3) is 22.2 Å². The number of hydrogen-bond acceptors (Lipinski definition) is 6. The first-order chi connectivity index (χ1) is 20.9. The van der Waals surface area contributed by atoms with Crippen LogP contribution in [0.15, 0.2) is 66.5 Å². The number of rotatable bonds is 10. The van der Waals surface area contributed by atoms with Gasteiger partial charge in [0.25, 0.3) is 5.91 Å². The average Bonchev–Trinajstić information content (AvgIpc) is 3.44. The van der Waals surface area contributed by atoms with E-state index in [0.29, 0.717) is 55.1 Å². The van der Waals surface area contributed by atoms with Crippen LogP contribution in [0, 0.1) is 12.7 Å². The zero-order valence-electron chi connectivity index (χ0n) is 24.1. The van der Waals surface area contributed by atoms with Crippen molar-refractivity contribution in [1.82, 2.24) is 30.7 Å². The highest BCUT2D eigenvalue weighted by Crippen LogP contribution is 2.29. The molecule has 0 radical (unpaired) electrons. The summed E-state index contributed by atoms with van der Waals surface area (Å²) in [4.78, 5) is 32.5. The average molecular weight is 605 g/mol. The predicted octanol–water partition coefficient (Wildman–Crippen LogP) is 5.10. The van der Waals surface area contributed by atoms with Gasteiger partial charge in [-0.2, -0.15) is 5.10 Å². The van der Waals surface area contributed by atoms with E-state index in [9.17, 15) is 14.0 Å². The van der Waals surface area contributed by atoms with Gasteiger partial charge in [0.1, 0.15) is 17.3 Å². The van der Waals surface area contributed by atoms with E-state index in [0.717, 1.165) is 33.4 Å². The number of ether oxygens (including phenoxy) is 1. The summed E-state index contributed by atoms with van der Waals surface area (Å²) >= 11 is 5.78. The van der Waals surface area contributed by atoms with Crippen molar-refractivity contribution in [2.24, 2.45) is 0 Å². The minimum atomic E-state index is -0.466. The van der Waals surface area contributed by atoms with E-state index in [1.54, 1.807) is 30.6 Å². The number of carbonyl (C=O) groups is 2. The number of fused-ring (bicyclic) bond motifs is 1. The van der Waals surface area contributed by atoms with Crippen molar-refractivity contribution in [3.05, 3.63) is 89.1 Å². The Balaban J connectivity index is 1.34. The summed E-state index contributed by atoms with van der Waals surface area (Å²) in [5, 5.41) is 14.2. The predicted molar refractivity (Wildman–Crippen MR) is 164 cm³/mol. The second-order valence-electron chi connectivity index (χ2n) is 10.5. The zero-order chi connectivity index (χ0) is 30.3. The number of alkyl halides is 1. The number of nitrogens with zero attached hydrogens (tertiary/aromatic N) is 3. The Kier molecular flexibility index (Phi) is 9.68. The van der Waals surface area contributed by atoms with Crippen molar-refractivity contribution in [1.29, 1.82) is 0 Å². The van der Waals surface area contributed by atoms with Gasteiger partial charge >= 0.3 is 0 Å². The largest absolute Gasteiger partial charge is 0.496 e. The molecule has 2 amide bonds. The van der Waals surface area contributed by atoms with Crippen LogP contribution in [0.5, 0.6) is 5.75 Å². The molecule has 0 bridgehead atoms. The molecular weight excluding hydrogens is 571 g/mol. The van der Waals surface area contributed by atoms with E-state index in [1.807, 2.05) is 36.1 Å². The van der Waals surface area contributed by atoms with Gasteiger partial charge in [-0.1, -0.05) is 6.07 Å². The lowest BCUT2D eigenvalue weighted by molar-refractivity contribution is -0.127. The Labute approximate surface area is 254 Å². The molecule has 43 heavy (non-hydrogen) atoms. The molecule has 0 aliphatic carbocycles. The number of likely N-dealkylation sites (tertiary alicyclic amines) is 1. The van der Waals surface area contributed by atoms with Crippen LogP contribution in [0.1, 0.15) is 40.9 Å². The van der Waals surface area contributed by atoms with Crippen LogP contribution in [-0.4, -0.2) is 64.0 Å². The number of benzene rings is 2. The first kappa shape index (κ1) is 30.2. The van der Waals surface area contributed by atoms with Crippen molar-refractivity contribution < 1.29 is 18.7 Å². The molecule has 5 rings (SSSR count). The monoisotopic (exact) mass is 604 g/mol. The van der Waals surface area contributed by atoms with Gasteiger partial charge in [-0.15, -0.1) is 11.6 Å². The first-order valence-electron chi connectivity index (χ1n) is 14.2. The lowest BCUT2D eigenvalue weighted by Gasteiger charge is -2.36. The number of hydrogen-bond donors (Lipinski definition) is 3. The summed E-state index contributed by atoms with van der Waals surface area (Å²) in [6, 6.07) is 13.4. The van der Waals surface area contributed by atoms with Crippen LogP contribution < -0.4 is 15.4 Å². The highest BCUT2D eigenvalue weighted by Gasteiger charge is 2.32. The number of aromatic nitrogens is 3. The smallest absolute Gasteiger partial charge is 0.255 e. The molecule has 1 aliphatic rings. The molecule has 2 aromatic heterocycles. The SMILES string of the molecule is COc1cccc(F)c1CN1C/C(=C\NC(=O)c2ccc3[nH]nc(-c4ccnc(C)c4)c3c2)CCC1C(=O)NCCCCl. The van der Waals surface area contributed by atoms with E-state index in [1.165, 1.54) is 13.2 Å². The quantitative estimate of drug-likeness (QED) is 0.171. The van der Waals surface area contributed by atoms with Gasteiger partial charge in [-0.25, -0.2) is 4.39 Å². The van der Waals surface area contributed by atoms with E-state index in [2.05, 4.69) is 25.8 Å². The number of halogens is 2. The summed E-state index contributed by atoms with van der Waals surface area (Å²) in [6.45, 7) is 2.93. The van der Waals surface area contributed by atoms with Gasteiger partial charge in [-0.3, -0.25) is 24.6 Å². The maximum atomic E-state index is 14.8. The van der Waals surface area contributed by atoms with Gasteiger partial charge in [0.15, 0.2) is 0 Å². The second-order valence-corrected chi connectivity index (χ2v) is 10.9. The van der Waals surface area contributed by atoms with Gasteiger partial charge in [-0.05, 0) is 74.2 Å². The van der Waals surface area contributed by atoms with Crippen molar-refractivity contribution in [2.45, 2.75) is 38.8 Å². The first-order valence-corrected chi connectivity index (χ1v) is 14.7. The number of pyridine rings is 1. The molecule has 1 fully saturated rings. The molecule has 2 aromatic carbocycles. The fraction of sp³-hybridized carbons (Fsp3) is 0.312. The number of aromatic amines is 1. The van der Waals surface area contributed by atoms with Gasteiger partial charge in [0.2, 0.25) is 5.91 Å². The van der Waals surface area contributed by atoms with Gasteiger partial charge in [0.05, 0.1) is 18.7 Å². The van der Waals surface area contributed by atoms with E-state index >= 15 is 0 Å². The molecule has 9 nitrogen and oxygen atoms in total. The maximum Gasteiger partial charge on any atom is 0.255 e. The molecule has 0 saturated carbocycles. The number of H-pyrrole nitrogens is 1. The summed E-state index contributed by atoms with van der Waals surface area (Å²) < 4.78 is 20.2. The molecular formula is C32H34ClFN6O3. The number of piperidine rings is 1. The van der Waals surface area contributed by atoms with Crippen LogP contribution in [0.2, 0.25) is 0 Å². The molecule has 0 spiro atoms. The second kappa shape index (κ2) is 13.8. The van der Waals surface area contributed by atoms with Crippen molar-refractivity contribution >= 4 is 34.3 Å².